The number of carboxylic acids is 1. The molecule has 1 aliphatic rings. The number of aliphatic hydroxyl groups is 3. The van der Waals surface area contributed by atoms with Gasteiger partial charge in [-0.2, -0.15) is 0 Å². The number of ether oxygens (including phenoxy) is 2. The molecule has 1 aliphatic heterocycles. The molecule has 0 bridgehead atoms. The number of carbonyl (C=O) groups excluding carboxylic acids is 1. The molecule has 3 unspecified atom stereocenters. The summed E-state index contributed by atoms with van der Waals surface area (Å²) >= 11 is 0. The molecule has 1 rings (SSSR count). The first kappa shape index (κ1) is 17.8. The summed E-state index contributed by atoms with van der Waals surface area (Å²) in [6.45, 7) is 0.171. The van der Waals surface area contributed by atoms with E-state index in [1.54, 1.807) is 0 Å². The molecule has 0 saturated carbocycles. The third kappa shape index (κ3) is 4.59. The maximum Gasteiger partial charge on any atom is 0.322 e. The number of nitrogens with two attached hydrogens (primary N) is 1. The standard InChI is InChI=1S/C11H20N2O8/c1-4(15)13-7-9(17)8(16)6(2-14)21-11(7)20-3-5(12)10(18)19/h5-9,11,14,16-17H,2-3,12H2,1H3,(H,13,15)(H,18,19)/t5?,6?,7?,8-,9+,11+/m0/s1. The van der Waals surface area contributed by atoms with Crippen LogP contribution in [0.3, 0.4) is 0 Å². The second-order valence-corrected chi connectivity index (χ2v) is 4.71. The second-order valence-electron chi connectivity index (χ2n) is 4.71. The summed E-state index contributed by atoms with van der Waals surface area (Å²) in [4.78, 5) is 21.7. The van der Waals surface area contributed by atoms with E-state index in [0.29, 0.717) is 0 Å². The molecule has 0 aromatic carbocycles. The molecule has 10 heteroatoms. The van der Waals surface area contributed by atoms with E-state index in [1.165, 1.54) is 6.92 Å². The van der Waals surface area contributed by atoms with Gasteiger partial charge in [0.15, 0.2) is 6.29 Å². The Hall–Kier alpha value is -1.30. The highest BCUT2D eigenvalue weighted by molar-refractivity contribution is 5.73. The molecule has 6 atom stereocenters. The van der Waals surface area contributed by atoms with Gasteiger partial charge in [0.05, 0.1) is 13.2 Å². The topological polar surface area (TPSA) is 172 Å². The van der Waals surface area contributed by atoms with Gasteiger partial charge in [0.2, 0.25) is 5.91 Å². The van der Waals surface area contributed by atoms with Crippen LogP contribution in [0.2, 0.25) is 0 Å². The van der Waals surface area contributed by atoms with Crippen LogP contribution < -0.4 is 11.1 Å². The lowest BCUT2D eigenvalue weighted by atomic mass is 9.97. The van der Waals surface area contributed by atoms with Crippen molar-refractivity contribution in [1.29, 1.82) is 0 Å². The van der Waals surface area contributed by atoms with E-state index >= 15 is 0 Å². The SMILES string of the molecule is CC(=O)NC1[C@H](OCC(N)C(=O)O)OC(CO)[C@H](O)[C@@H]1O. The fourth-order valence-electron chi connectivity index (χ4n) is 1.88. The van der Waals surface area contributed by atoms with Gasteiger partial charge in [-0.3, -0.25) is 9.59 Å². The monoisotopic (exact) mass is 308 g/mol. The molecule has 10 nitrogen and oxygen atoms in total. The van der Waals surface area contributed by atoms with Crippen molar-refractivity contribution in [3.05, 3.63) is 0 Å². The minimum atomic E-state index is -1.45. The van der Waals surface area contributed by atoms with Crippen molar-refractivity contribution in [1.82, 2.24) is 5.32 Å². The number of nitrogens with one attached hydrogen (secondary N) is 1. The minimum absolute atomic E-state index is 0.433. The number of aliphatic hydroxyl groups excluding tert-OH is 3. The Morgan fingerprint density at radius 2 is 2.00 bits per heavy atom. The molecular weight excluding hydrogens is 288 g/mol. The van der Waals surface area contributed by atoms with Gasteiger partial charge in [0, 0.05) is 6.92 Å². The van der Waals surface area contributed by atoms with Gasteiger partial charge < -0.3 is 41.0 Å². The second kappa shape index (κ2) is 7.64. The van der Waals surface area contributed by atoms with Gasteiger partial charge in [-0.1, -0.05) is 0 Å². The summed E-state index contributed by atoms with van der Waals surface area (Å²) in [6, 6.07) is -2.44. The lowest BCUT2D eigenvalue weighted by Crippen LogP contribution is -2.64. The molecule has 1 heterocycles. The van der Waals surface area contributed by atoms with Crippen LogP contribution in [-0.4, -0.2) is 82.2 Å². The van der Waals surface area contributed by atoms with E-state index < -0.39 is 61.8 Å². The fraction of sp³-hybridized carbons (Fsp3) is 0.818. The van der Waals surface area contributed by atoms with Crippen molar-refractivity contribution in [2.45, 2.75) is 43.6 Å². The molecule has 1 saturated heterocycles. The molecule has 7 N–H and O–H groups in total. The first-order valence-electron chi connectivity index (χ1n) is 6.27. The molecular formula is C11H20N2O8. The molecule has 1 amide bonds. The van der Waals surface area contributed by atoms with Crippen LogP contribution in [0, 0.1) is 0 Å². The lowest BCUT2D eigenvalue weighted by molar-refractivity contribution is -0.270. The van der Waals surface area contributed by atoms with E-state index in [9.17, 15) is 19.8 Å². The number of amides is 1. The van der Waals surface area contributed by atoms with Gasteiger partial charge in [0.1, 0.15) is 30.4 Å². The van der Waals surface area contributed by atoms with Crippen LogP contribution in [-0.2, 0) is 19.1 Å². The molecule has 0 aromatic rings. The summed E-state index contributed by atoms with van der Waals surface area (Å²) < 4.78 is 10.4. The maximum absolute atomic E-state index is 11.1. The zero-order chi connectivity index (χ0) is 16.2. The fourth-order valence-corrected chi connectivity index (χ4v) is 1.88. The molecule has 0 radical (unpaired) electrons. The highest BCUT2D eigenvalue weighted by atomic mass is 16.7. The van der Waals surface area contributed by atoms with Crippen LogP contribution in [0.5, 0.6) is 0 Å². The Morgan fingerprint density at radius 3 is 2.48 bits per heavy atom. The Balaban J connectivity index is 2.78. The quantitative estimate of drug-likeness (QED) is 0.289. The Bertz CT molecular complexity index is 379. The summed E-state index contributed by atoms with van der Waals surface area (Å²) in [5.74, 6) is -1.80. The number of aliphatic carboxylic acids is 1. The zero-order valence-corrected chi connectivity index (χ0v) is 11.4. The zero-order valence-electron chi connectivity index (χ0n) is 11.4. The maximum atomic E-state index is 11.1. The minimum Gasteiger partial charge on any atom is -0.480 e. The third-order valence-corrected chi connectivity index (χ3v) is 3.01. The average Bonchev–Trinajstić information content (AvgIpc) is 2.42. The van der Waals surface area contributed by atoms with E-state index in [1.807, 2.05) is 0 Å². The van der Waals surface area contributed by atoms with E-state index in [2.05, 4.69) is 5.32 Å². The molecule has 122 valence electrons. The Labute approximate surface area is 120 Å². The molecule has 1 fully saturated rings. The summed E-state index contributed by atoms with van der Waals surface area (Å²) in [5.41, 5.74) is 5.28. The molecule has 21 heavy (non-hydrogen) atoms. The van der Waals surface area contributed by atoms with Crippen LogP contribution in [0.1, 0.15) is 6.92 Å². The third-order valence-electron chi connectivity index (χ3n) is 3.01. The summed E-state index contributed by atoms with van der Waals surface area (Å²) in [7, 11) is 0. The number of rotatable bonds is 6. The largest absolute Gasteiger partial charge is 0.480 e. The molecule has 0 aliphatic carbocycles. The Morgan fingerprint density at radius 1 is 1.38 bits per heavy atom. The van der Waals surface area contributed by atoms with Gasteiger partial charge in [-0.15, -0.1) is 0 Å². The van der Waals surface area contributed by atoms with Gasteiger partial charge in [0.25, 0.3) is 0 Å². The number of carboxylic acid groups (broad SMARTS) is 1. The first-order chi connectivity index (χ1) is 9.77. The number of hydrogen-bond donors (Lipinski definition) is 6. The van der Waals surface area contributed by atoms with Crippen LogP contribution >= 0.6 is 0 Å². The highest BCUT2D eigenvalue weighted by Gasteiger charge is 2.45. The van der Waals surface area contributed by atoms with Crippen LogP contribution in [0.4, 0.5) is 0 Å². The van der Waals surface area contributed by atoms with Gasteiger partial charge >= 0.3 is 5.97 Å². The predicted molar refractivity (Wildman–Crippen MR) is 66.9 cm³/mol. The predicted octanol–water partition coefficient (Wildman–Crippen LogP) is -3.64. The molecule has 0 spiro atoms. The average molecular weight is 308 g/mol. The number of carbonyl (C=O) groups is 2. The van der Waals surface area contributed by atoms with Crippen LogP contribution in [0.25, 0.3) is 0 Å². The lowest BCUT2D eigenvalue weighted by Gasteiger charge is -2.42. The summed E-state index contributed by atoms with van der Waals surface area (Å²) in [6.07, 6.45) is -5.27. The number of hydrogen-bond acceptors (Lipinski definition) is 8. The van der Waals surface area contributed by atoms with Crippen molar-refractivity contribution >= 4 is 11.9 Å². The van der Waals surface area contributed by atoms with Crippen molar-refractivity contribution in [2.75, 3.05) is 13.2 Å². The van der Waals surface area contributed by atoms with Gasteiger partial charge in [-0.05, 0) is 0 Å². The molecule has 0 aromatic heterocycles. The van der Waals surface area contributed by atoms with E-state index in [-0.39, 0.29) is 0 Å². The Kier molecular flexibility index (Phi) is 6.45. The van der Waals surface area contributed by atoms with Crippen molar-refractivity contribution in [2.24, 2.45) is 5.73 Å². The van der Waals surface area contributed by atoms with Crippen molar-refractivity contribution in [3.8, 4) is 0 Å². The van der Waals surface area contributed by atoms with Crippen LogP contribution in [0.15, 0.2) is 0 Å². The summed E-state index contributed by atoms with van der Waals surface area (Å²) in [5, 5.41) is 39.8. The van der Waals surface area contributed by atoms with Crippen molar-refractivity contribution < 1.29 is 39.5 Å². The first-order valence-corrected chi connectivity index (χ1v) is 6.27. The van der Waals surface area contributed by atoms with E-state index in [4.69, 9.17) is 25.4 Å². The normalized spacial score (nSPS) is 34.2. The van der Waals surface area contributed by atoms with E-state index in [0.717, 1.165) is 0 Å². The highest BCUT2D eigenvalue weighted by Crippen LogP contribution is 2.22. The van der Waals surface area contributed by atoms with Gasteiger partial charge in [-0.25, -0.2) is 0 Å². The van der Waals surface area contributed by atoms with Crippen molar-refractivity contribution in [3.63, 3.8) is 0 Å². The smallest absolute Gasteiger partial charge is 0.322 e.